The average molecular weight is 289 g/mol. The molecular weight excluding hydrogens is 269 g/mol. The highest BCUT2D eigenvalue weighted by atomic mass is 19.1. The van der Waals surface area contributed by atoms with Gasteiger partial charge in [-0.05, 0) is 30.2 Å². The second-order valence-electron chi connectivity index (χ2n) is 4.79. The summed E-state index contributed by atoms with van der Waals surface area (Å²) in [5.74, 6) is 5.73. The van der Waals surface area contributed by atoms with Crippen molar-refractivity contribution in [2.24, 2.45) is 5.84 Å². The molecule has 4 nitrogen and oxygen atoms in total. The van der Waals surface area contributed by atoms with Gasteiger partial charge in [-0.25, -0.2) is 4.39 Å². The number of nitrogens with one attached hydrogen (secondary N) is 1. The SMILES string of the molecule is CCc1ccc(CC(NN)c2c(F)cccc2OC)nc1. The van der Waals surface area contributed by atoms with Gasteiger partial charge in [0.15, 0.2) is 0 Å². The first-order chi connectivity index (χ1) is 10.2. The van der Waals surface area contributed by atoms with Crippen LogP contribution < -0.4 is 16.0 Å². The molecule has 1 heterocycles. The molecule has 0 amide bonds. The largest absolute Gasteiger partial charge is 0.496 e. The fourth-order valence-corrected chi connectivity index (χ4v) is 2.27. The van der Waals surface area contributed by atoms with E-state index in [9.17, 15) is 4.39 Å². The minimum atomic E-state index is -0.402. The van der Waals surface area contributed by atoms with E-state index >= 15 is 0 Å². The maximum absolute atomic E-state index is 14.1. The van der Waals surface area contributed by atoms with Gasteiger partial charge in [-0.1, -0.05) is 19.1 Å². The Hall–Kier alpha value is -1.98. The summed E-state index contributed by atoms with van der Waals surface area (Å²) in [5.41, 5.74) is 5.09. The van der Waals surface area contributed by atoms with Crippen molar-refractivity contribution in [3.63, 3.8) is 0 Å². The minimum Gasteiger partial charge on any atom is -0.496 e. The third-order valence-electron chi connectivity index (χ3n) is 3.49. The van der Waals surface area contributed by atoms with Gasteiger partial charge in [0.25, 0.3) is 0 Å². The highest BCUT2D eigenvalue weighted by Crippen LogP contribution is 2.29. The van der Waals surface area contributed by atoms with Gasteiger partial charge in [-0.2, -0.15) is 0 Å². The predicted octanol–water partition coefficient (Wildman–Crippen LogP) is 2.54. The summed E-state index contributed by atoms with van der Waals surface area (Å²) in [6, 6.07) is 8.29. The number of nitrogens with two attached hydrogens (primary N) is 1. The Balaban J connectivity index is 2.27. The molecule has 0 aliphatic heterocycles. The number of hydrogen-bond acceptors (Lipinski definition) is 4. The highest BCUT2D eigenvalue weighted by Gasteiger charge is 2.20. The highest BCUT2D eigenvalue weighted by molar-refractivity contribution is 5.38. The first kappa shape index (κ1) is 15.4. The van der Waals surface area contributed by atoms with Crippen LogP contribution in [0, 0.1) is 5.82 Å². The number of rotatable bonds is 6. The summed E-state index contributed by atoms with van der Waals surface area (Å²) < 4.78 is 19.3. The van der Waals surface area contributed by atoms with Crippen molar-refractivity contribution in [1.29, 1.82) is 0 Å². The lowest BCUT2D eigenvalue weighted by Crippen LogP contribution is -2.30. The van der Waals surface area contributed by atoms with Crippen LogP contribution in [0.3, 0.4) is 0 Å². The van der Waals surface area contributed by atoms with Gasteiger partial charge in [0.1, 0.15) is 11.6 Å². The van der Waals surface area contributed by atoms with Gasteiger partial charge in [0.2, 0.25) is 0 Å². The van der Waals surface area contributed by atoms with Crippen LogP contribution in [0.15, 0.2) is 36.5 Å². The smallest absolute Gasteiger partial charge is 0.131 e. The van der Waals surface area contributed by atoms with Crippen LogP contribution in [-0.4, -0.2) is 12.1 Å². The third-order valence-corrected chi connectivity index (χ3v) is 3.49. The Bertz CT molecular complexity index is 587. The van der Waals surface area contributed by atoms with Crippen LogP contribution in [0.4, 0.5) is 4.39 Å². The lowest BCUT2D eigenvalue weighted by molar-refractivity contribution is 0.390. The Morgan fingerprint density at radius 1 is 1.33 bits per heavy atom. The zero-order chi connectivity index (χ0) is 15.2. The Morgan fingerprint density at radius 3 is 2.71 bits per heavy atom. The van der Waals surface area contributed by atoms with Gasteiger partial charge < -0.3 is 4.74 Å². The number of ether oxygens (including phenoxy) is 1. The topological polar surface area (TPSA) is 60.2 Å². The molecule has 0 fully saturated rings. The molecular formula is C16H20FN3O. The average Bonchev–Trinajstić information content (AvgIpc) is 2.53. The molecule has 0 radical (unpaired) electrons. The lowest BCUT2D eigenvalue weighted by atomic mass is 10.00. The second-order valence-corrected chi connectivity index (χ2v) is 4.79. The van der Waals surface area contributed by atoms with Crippen LogP contribution in [0.5, 0.6) is 5.75 Å². The standard InChI is InChI=1S/C16H20FN3O/c1-3-11-7-8-12(19-10-11)9-14(20-18)16-13(17)5-4-6-15(16)21-2/h4-8,10,14,20H,3,9,18H2,1-2H3. The van der Waals surface area contributed by atoms with E-state index in [1.807, 2.05) is 18.3 Å². The molecule has 1 aromatic heterocycles. The molecule has 112 valence electrons. The number of halogens is 1. The van der Waals surface area contributed by atoms with Crippen molar-refractivity contribution in [1.82, 2.24) is 10.4 Å². The van der Waals surface area contributed by atoms with Gasteiger partial charge in [0, 0.05) is 23.9 Å². The molecule has 0 aliphatic rings. The molecule has 0 saturated heterocycles. The van der Waals surface area contributed by atoms with Crippen LogP contribution >= 0.6 is 0 Å². The number of hydrogen-bond donors (Lipinski definition) is 2. The van der Waals surface area contributed by atoms with Crippen LogP contribution in [0.1, 0.15) is 29.8 Å². The van der Waals surface area contributed by atoms with Crippen molar-refractivity contribution in [2.45, 2.75) is 25.8 Å². The molecule has 2 rings (SSSR count). The number of aryl methyl sites for hydroxylation is 1. The normalized spacial score (nSPS) is 12.2. The molecule has 5 heteroatoms. The zero-order valence-electron chi connectivity index (χ0n) is 12.3. The van der Waals surface area contributed by atoms with E-state index in [0.29, 0.717) is 17.7 Å². The number of aromatic nitrogens is 1. The van der Waals surface area contributed by atoms with Crippen molar-refractivity contribution in [3.05, 3.63) is 59.2 Å². The van der Waals surface area contributed by atoms with E-state index in [1.54, 1.807) is 12.1 Å². The van der Waals surface area contributed by atoms with E-state index in [1.165, 1.54) is 18.7 Å². The molecule has 21 heavy (non-hydrogen) atoms. The quantitative estimate of drug-likeness (QED) is 0.634. The zero-order valence-corrected chi connectivity index (χ0v) is 12.3. The number of benzene rings is 1. The van der Waals surface area contributed by atoms with E-state index in [2.05, 4.69) is 17.3 Å². The van der Waals surface area contributed by atoms with E-state index in [4.69, 9.17) is 10.6 Å². The molecule has 0 spiro atoms. The van der Waals surface area contributed by atoms with Crippen molar-refractivity contribution in [2.75, 3.05) is 7.11 Å². The third kappa shape index (κ3) is 3.56. The number of hydrazine groups is 1. The number of pyridine rings is 1. The maximum Gasteiger partial charge on any atom is 0.131 e. The summed E-state index contributed by atoms with van der Waals surface area (Å²) >= 11 is 0. The van der Waals surface area contributed by atoms with Crippen LogP contribution in [-0.2, 0) is 12.8 Å². The van der Waals surface area contributed by atoms with Crippen molar-refractivity contribution in [3.8, 4) is 5.75 Å². The molecule has 0 saturated carbocycles. The monoisotopic (exact) mass is 289 g/mol. The molecule has 1 aromatic carbocycles. The Kier molecular flexibility index (Phi) is 5.25. The van der Waals surface area contributed by atoms with Gasteiger partial charge in [-0.3, -0.25) is 16.3 Å². The fourth-order valence-electron chi connectivity index (χ4n) is 2.27. The lowest BCUT2D eigenvalue weighted by Gasteiger charge is -2.19. The fraction of sp³-hybridized carbons (Fsp3) is 0.312. The molecule has 1 unspecified atom stereocenters. The minimum absolute atomic E-state index is 0.345. The summed E-state index contributed by atoms with van der Waals surface area (Å²) in [6.45, 7) is 2.07. The van der Waals surface area contributed by atoms with E-state index in [0.717, 1.165) is 12.1 Å². The number of nitrogens with zero attached hydrogens (tertiary/aromatic N) is 1. The molecule has 2 aromatic rings. The molecule has 0 bridgehead atoms. The van der Waals surface area contributed by atoms with E-state index in [-0.39, 0.29) is 5.82 Å². The maximum atomic E-state index is 14.1. The first-order valence-electron chi connectivity index (χ1n) is 6.92. The van der Waals surface area contributed by atoms with Crippen molar-refractivity contribution >= 4 is 0 Å². The van der Waals surface area contributed by atoms with Crippen LogP contribution in [0.2, 0.25) is 0 Å². The van der Waals surface area contributed by atoms with Gasteiger partial charge in [-0.15, -0.1) is 0 Å². The van der Waals surface area contributed by atoms with Gasteiger partial charge in [0.05, 0.1) is 13.2 Å². The molecule has 0 aliphatic carbocycles. The second kappa shape index (κ2) is 7.15. The predicted molar refractivity (Wildman–Crippen MR) is 80.3 cm³/mol. The van der Waals surface area contributed by atoms with E-state index < -0.39 is 6.04 Å². The summed E-state index contributed by atoms with van der Waals surface area (Å²) in [6.07, 6.45) is 3.26. The molecule has 3 N–H and O–H groups in total. The molecule has 1 atom stereocenters. The number of methoxy groups -OCH3 is 1. The summed E-state index contributed by atoms with van der Waals surface area (Å²) in [5, 5.41) is 0. The summed E-state index contributed by atoms with van der Waals surface area (Å²) in [4.78, 5) is 4.39. The van der Waals surface area contributed by atoms with Gasteiger partial charge >= 0.3 is 0 Å². The summed E-state index contributed by atoms with van der Waals surface area (Å²) in [7, 11) is 1.51. The Labute approximate surface area is 124 Å². The van der Waals surface area contributed by atoms with Crippen molar-refractivity contribution < 1.29 is 9.13 Å². The first-order valence-corrected chi connectivity index (χ1v) is 6.92. The Morgan fingerprint density at radius 2 is 2.14 bits per heavy atom. The van der Waals surface area contributed by atoms with Crippen LogP contribution in [0.25, 0.3) is 0 Å².